The highest BCUT2D eigenvalue weighted by atomic mass is 16.5. The minimum Gasteiger partial charge on any atom is -0.385 e. The van der Waals surface area contributed by atoms with Crippen molar-refractivity contribution in [2.45, 2.75) is 19.8 Å². The van der Waals surface area contributed by atoms with Gasteiger partial charge < -0.3 is 15.4 Å². The molecule has 0 unspecified atom stereocenters. The molecule has 0 aliphatic heterocycles. The third kappa shape index (κ3) is 4.45. The number of hydrogen-bond donors (Lipinski definition) is 2. The van der Waals surface area contributed by atoms with Gasteiger partial charge >= 0.3 is 0 Å². The van der Waals surface area contributed by atoms with Crippen molar-refractivity contribution in [3.8, 4) is 0 Å². The average Bonchev–Trinajstić information content (AvgIpc) is 2.66. The molecule has 130 valence electrons. The Kier molecular flexibility index (Phi) is 5.80. The number of anilines is 3. The normalized spacial score (nSPS) is 10.8. The number of nitrogens with one attached hydrogen (secondary N) is 2. The van der Waals surface area contributed by atoms with Crippen molar-refractivity contribution in [1.29, 1.82) is 0 Å². The van der Waals surface area contributed by atoms with Crippen molar-refractivity contribution in [2.24, 2.45) is 0 Å². The molecule has 0 atom stereocenters. The van der Waals surface area contributed by atoms with E-state index in [1.54, 1.807) is 7.11 Å². The third-order valence-electron chi connectivity index (χ3n) is 4.04. The second-order valence-corrected chi connectivity index (χ2v) is 5.86. The van der Waals surface area contributed by atoms with Crippen molar-refractivity contribution < 1.29 is 4.74 Å². The van der Waals surface area contributed by atoms with E-state index in [9.17, 15) is 0 Å². The van der Waals surface area contributed by atoms with Crippen molar-refractivity contribution in [3.05, 3.63) is 54.1 Å². The lowest BCUT2D eigenvalue weighted by Gasteiger charge is -2.12. The van der Waals surface area contributed by atoms with Gasteiger partial charge in [-0.05, 0) is 42.7 Å². The fourth-order valence-corrected chi connectivity index (χ4v) is 2.64. The van der Waals surface area contributed by atoms with Gasteiger partial charge in [0.15, 0.2) is 0 Å². The largest absolute Gasteiger partial charge is 0.385 e. The van der Waals surface area contributed by atoms with E-state index in [0.29, 0.717) is 5.95 Å². The number of nitrogens with zero attached hydrogens (tertiary/aromatic N) is 2. The molecule has 0 saturated carbocycles. The van der Waals surface area contributed by atoms with Crippen molar-refractivity contribution in [3.63, 3.8) is 0 Å². The SMILES string of the molecule is CCc1ccc(Nc2nc(NCCCOC)c3ccccc3n2)cc1. The summed E-state index contributed by atoms with van der Waals surface area (Å²) < 4.78 is 5.10. The summed E-state index contributed by atoms with van der Waals surface area (Å²) >= 11 is 0. The predicted octanol–water partition coefficient (Wildman–Crippen LogP) is 4.38. The number of aromatic nitrogens is 2. The first-order valence-corrected chi connectivity index (χ1v) is 8.65. The van der Waals surface area contributed by atoms with Crippen LogP contribution in [0.25, 0.3) is 10.9 Å². The van der Waals surface area contributed by atoms with Crippen LogP contribution in [0.2, 0.25) is 0 Å². The van der Waals surface area contributed by atoms with E-state index in [0.717, 1.165) is 48.4 Å². The number of fused-ring (bicyclic) bond motifs is 1. The topological polar surface area (TPSA) is 59.1 Å². The number of benzene rings is 2. The Morgan fingerprint density at radius 1 is 1.00 bits per heavy atom. The maximum atomic E-state index is 5.10. The van der Waals surface area contributed by atoms with Crippen molar-refractivity contribution in [2.75, 3.05) is 30.9 Å². The predicted molar refractivity (Wildman–Crippen MR) is 104 cm³/mol. The zero-order chi connectivity index (χ0) is 17.5. The summed E-state index contributed by atoms with van der Waals surface area (Å²) in [4.78, 5) is 9.29. The summed E-state index contributed by atoms with van der Waals surface area (Å²) in [6, 6.07) is 16.4. The Morgan fingerprint density at radius 2 is 1.80 bits per heavy atom. The summed E-state index contributed by atoms with van der Waals surface area (Å²) in [5, 5.41) is 7.72. The number of methoxy groups -OCH3 is 1. The maximum Gasteiger partial charge on any atom is 0.229 e. The molecule has 25 heavy (non-hydrogen) atoms. The molecule has 0 amide bonds. The second kappa shape index (κ2) is 8.44. The number of ether oxygens (including phenoxy) is 1. The van der Waals surface area contributed by atoms with Gasteiger partial charge in [0, 0.05) is 31.3 Å². The fourth-order valence-electron chi connectivity index (χ4n) is 2.64. The molecule has 0 spiro atoms. The van der Waals surface area contributed by atoms with Crippen LogP contribution in [0, 0.1) is 0 Å². The van der Waals surface area contributed by atoms with Crippen molar-refractivity contribution in [1.82, 2.24) is 9.97 Å². The number of rotatable bonds is 8. The van der Waals surface area contributed by atoms with Crippen LogP contribution in [-0.2, 0) is 11.2 Å². The zero-order valence-electron chi connectivity index (χ0n) is 14.7. The van der Waals surface area contributed by atoms with Crippen LogP contribution in [0.5, 0.6) is 0 Å². The minimum atomic E-state index is 0.595. The van der Waals surface area contributed by atoms with Crippen LogP contribution in [0.15, 0.2) is 48.5 Å². The van der Waals surface area contributed by atoms with E-state index in [4.69, 9.17) is 4.74 Å². The third-order valence-corrected chi connectivity index (χ3v) is 4.04. The van der Waals surface area contributed by atoms with E-state index >= 15 is 0 Å². The summed E-state index contributed by atoms with van der Waals surface area (Å²) in [6.07, 6.45) is 1.96. The first-order chi connectivity index (χ1) is 12.3. The Hall–Kier alpha value is -2.66. The van der Waals surface area contributed by atoms with Crippen LogP contribution in [0.3, 0.4) is 0 Å². The fraction of sp³-hybridized carbons (Fsp3) is 0.300. The molecule has 5 nitrogen and oxygen atoms in total. The molecule has 0 aliphatic rings. The highest BCUT2D eigenvalue weighted by Crippen LogP contribution is 2.23. The summed E-state index contributed by atoms with van der Waals surface area (Å²) in [5.74, 6) is 1.44. The molecule has 1 heterocycles. The molecule has 0 bridgehead atoms. The summed E-state index contributed by atoms with van der Waals surface area (Å²) in [6.45, 7) is 3.68. The van der Waals surface area contributed by atoms with Gasteiger partial charge in [0.05, 0.1) is 5.52 Å². The molecule has 0 radical (unpaired) electrons. The highest BCUT2D eigenvalue weighted by Gasteiger charge is 2.07. The number of para-hydroxylation sites is 1. The van der Waals surface area contributed by atoms with E-state index in [1.807, 2.05) is 24.3 Å². The lowest BCUT2D eigenvalue weighted by atomic mass is 10.1. The van der Waals surface area contributed by atoms with E-state index < -0.39 is 0 Å². The molecular formula is C20H24N4O. The van der Waals surface area contributed by atoms with Crippen LogP contribution >= 0.6 is 0 Å². The molecule has 0 saturated heterocycles. The van der Waals surface area contributed by atoms with Gasteiger partial charge in [0.25, 0.3) is 0 Å². The Balaban J connectivity index is 1.84. The maximum absolute atomic E-state index is 5.10. The number of aryl methyl sites for hydroxylation is 1. The summed E-state index contributed by atoms with van der Waals surface area (Å²) in [7, 11) is 1.71. The average molecular weight is 336 g/mol. The standard InChI is InChI=1S/C20H24N4O/c1-3-15-9-11-16(12-10-15)22-20-23-18-8-5-4-7-17(18)19(24-20)21-13-6-14-25-2/h4-5,7-12H,3,6,13-14H2,1-2H3,(H2,21,22,23,24). The Bertz CT molecular complexity index is 818. The van der Waals surface area contributed by atoms with Crippen molar-refractivity contribution >= 4 is 28.4 Å². The highest BCUT2D eigenvalue weighted by molar-refractivity contribution is 5.90. The van der Waals surface area contributed by atoms with Crippen LogP contribution in [0.1, 0.15) is 18.9 Å². The molecule has 3 rings (SSSR count). The first-order valence-electron chi connectivity index (χ1n) is 8.65. The van der Waals surface area contributed by atoms with Crippen LogP contribution in [0.4, 0.5) is 17.5 Å². The van der Waals surface area contributed by atoms with Gasteiger partial charge in [0.1, 0.15) is 5.82 Å². The Labute approximate surface area is 148 Å². The van der Waals surface area contributed by atoms with Gasteiger partial charge in [-0.25, -0.2) is 4.98 Å². The van der Waals surface area contributed by atoms with Gasteiger partial charge in [-0.2, -0.15) is 4.98 Å². The first kappa shape index (κ1) is 17.2. The van der Waals surface area contributed by atoms with Gasteiger partial charge in [-0.3, -0.25) is 0 Å². The van der Waals surface area contributed by atoms with Gasteiger partial charge in [0.2, 0.25) is 5.95 Å². The molecule has 0 aliphatic carbocycles. The van der Waals surface area contributed by atoms with Crippen LogP contribution < -0.4 is 10.6 Å². The molecule has 2 aromatic carbocycles. The van der Waals surface area contributed by atoms with Crippen LogP contribution in [-0.4, -0.2) is 30.2 Å². The lowest BCUT2D eigenvalue weighted by Crippen LogP contribution is -2.08. The minimum absolute atomic E-state index is 0.595. The zero-order valence-corrected chi connectivity index (χ0v) is 14.7. The molecule has 1 aromatic heterocycles. The second-order valence-electron chi connectivity index (χ2n) is 5.86. The molecule has 5 heteroatoms. The molecular weight excluding hydrogens is 312 g/mol. The van der Waals surface area contributed by atoms with Gasteiger partial charge in [-0.15, -0.1) is 0 Å². The molecule has 2 N–H and O–H groups in total. The number of hydrogen-bond acceptors (Lipinski definition) is 5. The molecule has 3 aromatic rings. The van der Waals surface area contributed by atoms with E-state index in [-0.39, 0.29) is 0 Å². The van der Waals surface area contributed by atoms with Gasteiger partial charge in [-0.1, -0.05) is 31.2 Å². The van der Waals surface area contributed by atoms with E-state index in [1.165, 1.54) is 5.56 Å². The lowest BCUT2D eigenvalue weighted by molar-refractivity contribution is 0.198. The Morgan fingerprint density at radius 3 is 2.56 bits per heavy atom. The summed E-state index contributed by atoms with van der Waals surface area (Å²) in [5.41, 5.74) is 3.21. The smallest absolute Gasteiger partial charge is 0.229 e. The quantitative estimate of drug-likeness (QED) is 0.598. The molecule has 0 fully saturated rings. The monoisotopic (exact) mass is 336 g/mol. The van der Waals surface area contributed by atoms with E-state index in [2.05, 4.69) is 51.8 Å².